The average molecular weight is 445 g/mol. The maximum Gasteiger partial charge on any atom is 0.277 e. The Labute approximate surface area is 184 Å². The predicted molar refractivity (Wildman–Crippen MR) is 117 cm³/mol. The normalized spacial score (nSPS) is 14.1. The van der Waals surface area contributed by atoms with Crippen molar-refractivity contribution < 1.29 is 13.9 Å². The topological polar surface area (TPSA) is 71.7 Å². The van der Waals surface area contributed by atoms with Gasteiger partial charge in [-0.25, -0.2) is 0 Å². The van der Waals surface area contributed by atoms with Gasteiger partial charge in [-0.3, -0.25) is 4.79 Å². The van der Waals surface area contributed by atoms with Crippen molar-refractivity contribution in [1.82, 2.24) is 15.1 Å². The largest absolute Gasteiger partial charge is 0.495 e. The van der Waals surface area contributed by atoms with Crippen LogP contribution in [0.15, 0.2) is 58.2 Å². The number of rotatable bonds is 6. The lowest BCUT2D eigenvalue weighted by molar-refractivity contribution is -0.128. The van der Waals surface area contributed by atoms with Crippen molar-refractivity contribution in [2.45, 2.75) is 5.22 Å². The number of halogens is 1. The highest BCUT2D eigenvalue weighted by Gasteiger charge is 2.23. The van der Waals surface area contributed by atoms with Gasteiger partial charge in [-0.2, -0.15) is 0 Å². The fraction of sp³-hybridized carbons (Fsp3) is 0.286. The molecule has 0 aliphatic carbocycles. The third kappa shape index (κ3) is 4.55. The van der Waals surface area contributed by atoms with E-state index in [0.717, 1.165) is 24.5 Å². The fourth-order valence-electron chi connectivity index (χ4n) is 3.31. The van der Waals surface area contributed by atoms with E-state index in [4.69, 9.17) is 20.8 Å². The van der Waals surface area contributed by atoms with E-state index in [9.17, 15) is 4.79 Å². The number of anilines is 1. The molecule has 1 aromatic heterocycles. The summed E-state index contributed by atoms with van der Waals surface area (Å²) in [6.45, 7) is 2.83. The Morgan fingerprint density at radius 2 is 1.83 bits per heavy atom. The van der Waals surface area contributed by atoms with E-state index >= 15 is 0 Å². The Bertz CT molecular complexity index is 1020. The van der Waals surface area contributed by atoms with E-state index in [0.29, 0.717) is 34.8 Å². The lowest BCUT2D eigenvalue weighted by Gasteiger charge is -2.36. The Morgan fingerprint density at radius 3 is 2.60 bits per heavy atom. The summed E-state index contributed by atoms with van der Waals surface area (Å²) in [7, 11) is 1.67. The number of carbonyl (C=O) groups is 1. The zero-order chi connectivity index (χ0) is 20.9. The van der Waals surface area contributed by atoms with Crippen molar-refractivity contribution in [1.29, 1.82) is 0 Å². The van der Waals surface area contributed by atoms with Gasteiger partial charge in [-0.05, 0) is 24.3 Å². The summed E-state index contributed by atoms with van der Waals surface area (Å²) in [4.78, 5) is 16.7. The number of aromatic nitrogens is 2. The van der Waals surface area contributed by atoms with Gasteiger partial charge in [0.05, 0.1) is 29.1 Å². The average Bonchev–Trinajstić information content (AvgIpc) is 3.26. The first-order chi connectivity index (χ1) is 14.7. The summed E-state index contributed by atoms with van der Waals surface area (Å²) in [5.41, 5.74) is 1.73. The van der Waals surface area contributed by atoms with Gasteiger partial charge in [0.1, 0.15) is 5.75 Å². The van der Waals surface area contributed by atoms with Gasteiger partial charge in [0.2, 0.25) is 11.8 Å². The molecule has 3 aromatic rings. The van der Waals surface area contributed by atoms with Crippen LogP contribution in [0.5, 0.6) is 5.75 Å². The van der Waals surface area contributed by atoms with Crippen LogP contribution in [0.25, 0.3) is 11.5 Å². The minimum Gasteiger partial charge on any atom is -0.495 e. The van der Waals surface area contributed by atoms with Crippen LogP contribution in [0.4, 0.5) is 5.69 Å². The Morgan fingerprint density at radius 1 is 1.10 bits per heavy atom. The molecule has 0 spiro atoms. The van der Waals surface area contributed by atoms with E-state index in [1.807, 2.05) is 47.4 Å². The summed E-state index contributed by atoms with van der Waals surface area (Å²) in [6.07, 6.45) is 0. The van der Waals surface area contributed by atoms with Gasteiger partial charge < -0.3 is 19.0 Å². The molecule has 1 fully saturated rings. The molecule has 4 rings (SSSR count). The molecule has 2 aromatic carbocycles. The lowest BCUT2D eigenvalue weighted by Crippen LogP contribution is -2.49. The molecule has 1 amide bonds. The molecule has 9 heteroatoms. The van der Waals surface area contributed by atoms with Crippen LogP contribution in [0.1, 0.15) is 0 Å². The molecule has 0 atom stereocenters. The number of para-hydroxylation sites is 2. The number of hydrogen-bond donors (Lipinski definition) is 0. The number of benzene rings is 2. The molecule has 2 heterocycles. The molecule has 0 saturated carbocycles. The zero-order valence-electron chi connectivity index (χ0n) is 16.5. The van der Waals surface area contributed by atoms with Crippen molar-refractivity contribution in [3.63, 3.8) is 0 Å². The Hall–Kier alpha value is -2.71. The number of ether oxygens (including phenoxy) is 1. The van der Waals surface area contributed by atoms with Crippen molar-refractivity contribution >= 4 is 35.0 Å². The van der Waals surface area contributed by atoms with E-state index in [2.05, 4.69) is 15.1 Å². The van der Waals surface area contributed by atoms with Crippen molar-refractivity contribution in [2.75, 3.05) is 43.9 Å². The first-order valence-electron chi connectivity index (χ1n) is 9.52. The molecule has 1 aliphatic rings. The van der Waals surface area contributed by atoms with Gasteiger partial charge in [0.15, 0.2) is 0 Å². The summed E-state index contributed by atoms with van der Waals surface area (Å²) in [5.74, 6) is 1.50. The number of hydrogen-bond acceptors (Lipinski definition) is 7. The highest BCUT2D eigenvalue weighted by Crippen LogP contribution is 2.30. The van der Waals surface area contributed by atoms with E-state index < -0.39 is 0 Å². The van der Waals surface area contributed by atoms with Gasteiger partial charge in [-0.1, -0.05) is 47.6 Å². The van der Waals surface area contributed by atoms with Crippen LogP contribution in [0.2, 0.25) is 5.02 Å². The second kappa shape index (κ2) is 9.40. The molecule has 0 unspecified atom stereocenters. The van der Waals surface area contributed by atoms with Crippen LogP contribution in [0, 0.1) is 0 Å². The number of carbonyl (C=O) groups excluding carboxylic acids is 1. The lowest BCUT2D eigenvalue weighted by atomic mass is 10.2. The van der Waals surface area contributed by atoms with E-state index in [1.165, 1.54) is 11.8 Å². The van der Waals surface area contributed by atoms with Crippen LogP contribution in [-0.2, 0) is 4.79 Å². The molecule has 1 aliphatic heterocycles. The first-order valence-corrected chi connectivity index (χ1v) is 10.9. The van der Waals surface area contributed by atoms with Gasteiger partial charge >= 0.3 is 0 Å². The van der Waals surface area contributed by atoms with Crippen LogP contribution in [-0.4, -0.2) is 60.0 Å². The molecule has 7 nitrogen and oxygen atoms in total. The van der Waals surface area contributed by atoms with Crippen LogP contribution in [0.3, 0.4) is 0 Å². The van der Waals surface area contributed by atoms with E-state index in [-0.39, 0.29) is 11.7 Å². The standard InChI is InChI=1S/C21H21ClN4O3S/c1-28-18-9-5-4-8-17(18)25-10-12-26(13-11-25)19(27)14-30-21-24-23-20(29-21)15-6-2-3-7-16(15)22/h2-9H,10-14H2,1H3. The number of piperazine rings is 1. The summed E-state index contributed by atoms with van der Waals surface area (Å²) >= 11 is 7.40. The molecule has 1 saturated heterocycles. The second-order valence-electron chi connectivity index (χ2n) is 6.68. The van der Waals surface area contributed by atoms with E-state index in [1.54, 1.807) is 13.2 Å². The second-order valence-corrected chi connectivity index (χ2v) is 8.02. The highest BCUT2D eigenvalue weighted by molar-refractivity contribution is 7.99. The third-order valence-corrected chi connectivity index (χ3v) is 6.02. The Kier molecular flexibility index (Phi) is 6.44. The highest BCUT2D eigenvalue weighted by atomic mass is 35.5. The van der Waals surface area contributed by atoms with Crippen molar-refractivity contribution in [3.8, 4) is 17.2 Å². The maximum atomic E-state index is 12.6. The van der Waals surface area contributed by atoms with Gasteiger partial charge in [-0.15, -0.1) is 10.2 Å². The molecule has 0 radical (unpaired) electrons. The van der Waals surface area contributed by atoms with Gasteiger partial charge in [0, 0.05) is 26.2 Å². The molecule has 156 valence electrons. The number of nitrogens with zero attached hydrogens (tertiary/aromatic N) is 4. The minimum absolute atomic E-state index is 0.0529. The zero-order valence-corrected chi connectivity index (χ0v) is 18.0. The number of thioether (sulfide) groups is 1. The molecular weight excluding hydrogens is 424 g/mol. The smallest absolute Gasteiger partial charge is 0.277 e. The summed E-state index contributed by atoms with van der Waals surface area (Å²) in [5, 5.41) is 8.94. The monoisotopic (exact) mass is 444 g/mol. The van der Waals surface area contributed by atoms with Crippen molar-refractivity contribution in [3.05, 3.63) is 53.6 Å². The number of amides is 1. The molecule has 0 N–H and O–H groups in total. The van der Waals surface area contributed by atoms with Crippen molar-refractivity contribution in [2.24, 2.45) is 0 Å². The summed E-state index contributed by atoms with van der Waals surface area (Å²) < 4.78 is 11.1. The fourth-order valence-corrected chi connectivity index (χ4v) is 4.20. The summed E-state index contributed by atoms with van der Waals surface area (Å²) in [6, 6.07) is 15.2. The first kappa shape index (κ1) is 20.6. The quantitative estimate of drug-likeness (QED) is 0.535. The van der Waals surface area contributed by atoms with Crippen LogP contribution < -0.4 is 9.64 Å². The van der Waals surface area contributed by atoms with Gasteiger partial charge in [0.25, 0.3) is 5.22 Å². The molecule has 30 heavy (non-hydrogen) atoms. The SMILES string of the molecule is COc1ccccc1N1CCN(C(=O)CSc2nnc(-c3ccccc3Cl)o2)CC1. The van der Waals surface area contributed by atoms with Crippen LogP contribution >= 0.6 is 23.4 Å². The maximum absolute atomic E-state index is 12.6. The third-order valence-electron chi connectivity index (χ3n) is 4.89. The number of methoxy groups -OCH3 is 1. The minimum atomic E-state index is 0.0529. The predicted octanol–water partition coefficient (Wildman–Crippen LogP) is 3.84. The molecule has 0 bridgehead atoms. The molecular formula is C21H21ClN4O3S. The Balaban J connectivity index is 1.30.